The first-order valence-corrected chi connectivity index (χ1v) is 5.59. The average Bonchev–Trinajstić information content (AvgIpc) is 2.50. The third kappa shape index (κ3) is 3.89. The quantitative estimate of drug-likeness (QED) is 0.563. The van der Waals surface area contributed by atoms with Crippen LogP contribution in [0.25, 0.3) is 0 Å². The smallest absolute Gasteiger partial charge is 0.0809 e. The van der Waals surface area contributed by atoms with Crippen molar-refractivity contribution in [1.29, 1.82) is 0 Å². The Morgan fingerprint density at radius 2 is 2.45 bits per heavy atom. The predicted octanol–water partition coefficient (Wildman–Crippen LogP) is 3.05. The summed E-state index contributed by atoms with van der Waals surface area (Å²) in [7, 11) is 0. The number of thiophene rings is 1. The summed E-state index contributed by atoms with van der Waals surface area (Å²) in [6.07, 6.45) is 1.09. The Kier molecular flexibility index (Phi) is 4.82. The van der Waals surface area contributed by atoms with Crippen molar-refractivity contribution < 1.29 is 4.74 Å². The highest BCUT2D eigenvalue weighted by molar-refractivity contribution is 9.09. The molecule has 0 fully saturated rings. The number of ether oxygens (including phenoxy) is 1. The summed E-state index contributed by atoms with van der Waals surface area (Å²) in [5, 5.41) is 3.10. The van der Waals surface area contributed by atoms with E-state index in [-0.39, 0.29) is 0 Å². The van der Waals surface area contributed by atoms with Crippen LogP contribution in [-0.4, -0.2) is 11.9 Å². The summed E-state index contributed by atoms with van der Waals surface area (Å²) in [5.41, 5.74) is 0. The summed E-state index contributed by atoms with van der Waals surface area (Å²) in [6.45, 7) is 1.62. The SMILES string of the molecule is BrCCCOCc1cccs1. The predicted molar refractivity (Wildman–Crippen MR) is 52.4 cm³/mol. The zero-order valence-corrected chi connectivity index (χ0v) is 8.66. The first-order valence-electron chi connectivity index (χ1n) is 3.59. The minimum absolute atomic E-state index is 0.769. The minimum Gasteiger partial charge on any atom is -0.376 e. The van der Waals surface area contributed by atoms with Gasteiger partial charge in [-0.25, -0.2) is 0 Å². The van der Waals surface area contributed by atoms with E-state index in [0.717, 1.165) is 25.0 Å². The van der Waals surface area contributed by atoms with E-state index >= 15 is 0 Å². The lowest BCUT2D eigenvalue weighted by Crippen LogP contribution is -1.93. The number of rotatable bonds is 5. The number of hydrogen-bond donors (Lipinski definition) is 0. The molecule has 0 amide bonds. The molecule has 1 nitrogen and oxygen atoms in total. The van der Waals surface area contributed by atoms with Crippen LogP contribution in [0.4, 0.5) is 0 Å². The molecule has 0 atom stereocenters. The summed E-state index contributed by atoms with van der Waals surface area (Å²) in [6, 6.07) is 4.15. The fraction of sp³-hybridized carbons (Fsp3) is 0.500. The van der Waals surface area contributed by atoms with Crippen LogP contribution in [0, 0.1) is 0 Å². The second-order valence-corrected chi connectivity index (χ2v) is 4.00. The first kappa shape index (κ1) is 9.23. The largest absolute Gasteiger partial charge is 0.376 e. The monoisotopic (exact) mass is 234 g/mol. The lowest BCUT2D eigenvalue weighted by atomic mass is 10.5. The molecule has 1 aromatic rings. The first-order chi connectivity index (χ1) is 5.43. The number of hydrogen-bond acceptors (Lipinski definition) is 2. The molecule has 62 valence electrons. The highest BCUT2D eigenvalue weighted by Gasteiger charge is 1.92. The van der Waals surface area contributed by atoms with Crippen LogP contribution >= 0.6 is 27.3 Å². The third-order valence-corrected chi connectivity index (χ3v) is 2.66. The molecule has 1 rings (SSSR count). The molecule has 0 bridgehead atoms. The lowest BCUT2D eigenvalue weighted by molar-refractivity contribution is 0.124. The fourth-order valence-electron chi connectivity index (χ4n) is 0.724. The lowest BCUT2D eigenvalue weighted by Gasteiger charge is -1.98. The molecule has 0 saturated heterocycles. The van der Waals surface area contributed by atoms with E-state index in [1.54, 1.807) is 11.3 Å². The van der Waals surface area contributed by atoms with Crippen LogP contribution in [0.1, 0.15) is 11.3 Å². The minimum atomic E-state index is 0.769. The molecule has 0 saturated carbocycles. The Hall–Kier alpha value is 0.140. The Morgan fingerprint density at radius 1 is 1.55 bits per heavy atom. The van der Waals surface area contributed by atoms with Crippen LogP contribution in [0.15, 0.2) is 17.5 Å². The van der Waals surface area contributed by atoms with Crippen molar-refractivity contribution >= 4 is 27.3 Å². The maximum Gasteiger partial charge on any atom is 0.0809 e. The van der Waals surface area contributed by atoms with Gasteiger partial charge in [0.05, 0.1) is 6.61 Å². The van der Waals surface area contributed by atoms with Crippen molar-refractivity contribution in [3.63, 3.8) is 0 Å². The molecule has 1 heterocycles. The second-order valence-electron chi connectivity index (χ2n) is 2.17. The van der Waals surface area contributed by atoms with E-state index in [1.165, 1.54) is 4.88 Å². The van der Waals surface area contributed by atoms with Gasteiger partial charge < -0.3 is 4.74 Å². The Morgan fingerprint density at radius 3 is 3.09 bits per heavy atom. The second kappa shape index (κ2) is 5.75. The molecule has 0 aromatic carbocycles. The topological polar surface area (TPSA) is 9.23 Å². The summed E-state index contributed by atoms with van der Waals surface area (Å²) in [5.74, 6) is 0. The summed E-state index contributed by atoms with van der Waals surface area (Å²) < 4.78 is 5.40. The normalized spacial score (nSPS) is 10.3. The fourth-order valence-corrected chi connectivity index (χ4v) is 1.59. The molecular weight excluding hydrogens is 224 g/mol. The van der Waals surface area contributed by atoms with Gasteiger partial charge in [-0.3, -0.25) is 0 Å². The van der Waals surface area contributed by atoms with E-state index in [1.807, 2.05) is 6.07 Å². The average molecular weight is 235 g/mol. The molecule has 0 unspecified atom stereocenters. The van der Waals surface area contributed by atoms with Gasteiger partial charge in [0, 0.05) is 16.8 Å². The Bertz CT molecular complexity index is 174. The standard InChI is InChI=1S/C8H11BrOS/c9-4-2-5-10-7-8-3-1-6-11-8/h1,3,6H,2,4-5,7H2. The molecule has 0 spiro atoms. The van der Waals surface area contributed by atoms with E-state index in [4.69, 9.17) is 4.74 Å². The molecule has 1 aromatic heterocycles. The van der Waals surface area contributed by atoms with E-state index in [9.17, 15) is 0 Å². The zero-order valence-electron chi connectivity index (χ0n) is 6.25. The van der Waals surface area contributed by atoms with Crippen LogP contribution < -0.4 is 0 Å². The molecule has 11 heavy (non-hydrogen) atoms. The maximum atomic E-state index is 5.40. The van der Waals surface area contributed by atoms with Gasteiger partial charge in [-0.2, -0.15) is 0 Å². The summed E-state index contributed by atoms with van der Waals surface area (Å²) in [4.78, 5) is 1.31. The molecule has 3 heteroatoms. The van der Waals surface area contributed by atoms with Gasteiger partial charge in [0.2, 0.25) is 0 Å². The van der Waals surface area contributed by atoms with Gasteiger partial charge in [-0.15, -0.1) is 11.3 Å². The molecule has 0 aliphatic carbocycles. The summed E-state index contributed by atoms with van der Waals surface area (Å²) >= 11 is 5.10. The van der Waals surface area contributed by atoms with Crippen molar-refractivity contribution in [1.82, 2.24) is 0 Å². The van der Waals surface area contributed by atoms with Gasteiger partial charge in [0.15, 0.2) is 0 Å². The van der Waals surface area contributed by atoms with Crippen LogP contribution in [-0.2, 0) is 11.3 Å². The highest BCUT2D eigenvalue weighted by Crippen LogP contribution is 2.09. The van der Waals surface area contributed by atoms with Crippen LogP contribution in [0.5, 0.6) is 0 Å². The Labute approximate surface area is 79.5 Å². The van der Waals surface area contributed by atoms with Crippen molar-refractivity contribution in [2.75, 3.05) is 11.9 Å². The van der Waals surface area contributed by atoms with Gasteiger partial charge >= 0.3 is 0 Å². The Balaban J connectivity index is 2.04. The van der Waals surface area contributed by atoms with Gasteiger partial charge in [-0.05, 0) is 17.9 Å². The number of alkyl halides is 1. The number of halogens is 1. The maximum absolute atomic E-state index is 5.40. The van der Waals surface area contributed by atoms with Crippen LogP contribution in [0.3, 0.4) is 0 Å². The van der Waals surface area contributed by atoms with Crippen molar-refractivity contribution in [3.05, 3.63) is 22.4 Å². The van der Waals surface area contributed by atoms with E-state index in [2.05, 4.69) is 27.4 Å². The van der Waals surface area contributed by atoms with Gasteiger partial charge in [0.25, 0.3) is 0 Å². The highest BCUT2D eigenvalue weighted by atomic mass is 79.9. The zero-order chi connectivity index (χ0) is 7.94. The molecule has 0 aliphatic rings. The van der Waals surface area contributed by atoms with Gasteiger partial charge in [0.1, 0.15) is 0 Å². The molecular formula is C8H11BrOS. The van der Waals surface area contributed by atoms with E-state index < -0.39 is 0 Å². The third-order valence-electron chi connectivity index (χ3n) is 1.25. The van der Waals surface area contributed by atoms with Crippen LogP contribution in [0.2, 0.25) is 0 Å². The van der Waals surface area contributed by atoms with Crippen molar-refractivity contribution in [3.8, 4) is 0 Å². The molecule has 0 aliphatic heterocycles. The van der Waals surface area contributed by atoms with Crippen molar-refractivity contribution in [2.24, 2.45) is 0 Å². The van der Waals surface area contributed by atoms with Gasteiger partial charge in [-0.1, -0.05) is 22.0 Å². The van der Waals surface area contributed by atoms with Crippen molar-refractivity contribution in [2.45, 2.75) is 13.0 Å². The molecule has 0 N–H and O–H groups in total. The van der Waals surface area contributed by atoms with E-state index in [0.29, 0.717) is 0 Å². The molecule has 0 radical (unpaired) electrons.